The van der Waals surface area contributed by atoms with Crippen LogP contribution in [0.15, 0.2) is 12.4 Å². The SMILES string of the molecule is O=C(CC1(C(=O)O)CCCCC1)NCc1ncc[nH]1. The number of aromatic amines is 1. The van der Waals surface area contributed by atoms with E-state index in [9.17, 15) is 14.7 Å². The van der Waals surface area contributed by atoms with Gasteiger partial charge in [-0.15, -0.1) is 0 Å². The van der Waals surface area contributed by atoms with Crippen LogP contribution in [0.2, 0.25) is 0 Å². The van der Waals surface area contributed by atoms with Crippen LogP contribution in [0.5, 0.6) is 0 Å². The van der Waals surface area contributed by atoms with Crippen LogP contribution in [-0.2, 0) is 16.1 Å². The van der Waals surface area contributed by atoms with Crippen molar-refractivity contribution in [3.8, 4) is 0 Å². The molecule has 0 saturated heterocycles. The van der Waals surface area contributed by atoms with Crippen molar-refractivity contribution >= 4 is 11.9 Å². The topological polar surface area (TPSA) is 95.1 Å². The predicted octanol–water partition coefficient (Wildman–Crippen LogP) is 1.45. The minimum Gasteiger partial charge on any atom is -0.481 e. The Bertz CT molecular complexity index is 436. The molecule has 6 heteroatoms. The number of carboxylic acid groups (broad SMARTS) is 1. The highest BCUT2D eigenvalue weighted by molar-refractivity contribution is 5.85. The number of hydrogen-bond donors (Lipinski definition) is 3. The molecule has 1 heterocycles. The van der Waals surface area contributed by atoms with Crippen molar-refractivity contribution in [3.63, 3.8) is 0 Å². The number of hydrogen-bond acceptors (Lipinski definition) is 3. The van der Waals surface area contributed by atoms with Crippen LogP contribution in [0, 0.1) is 5.41 Å². The number of nitrogens with zero attached hydrogens (tertiary/aromatic N) is 1. The molecule has 2 rings (SSSR count). The first-order chi connectivity index (χ1) is 9.12. The normalized spacial score (nSPS) is 17.9. The highest BCUT2D eigenvalue weighted by atomic mass is 16.4. The Morgan fingerprint density at radius 3 is 2.68 bits per heavy atom. The minimum atomic E-state index is -0.870. The molecule has 6 nitrogen and oxygen atoms in total. The van der Waals surface area contributed by atoms with Gasteiger partial charge >= 0.3 is 5.97 Å². The number of aromatic nitrogens is 2. The average molecular weight is 265 g/mol. The molecule has 1 aromatic rings. The summed E-state index contributed by atoms with van der Waals surface area (Å²) in [6.45, 7) is 0.307. The Hall–Kier alpha value is -1.85. The number of carbonyl (C=O) groups is 2. The summed E-state index contributed by atoms with van der Waals surface area (Å²) >= 11 is 0. The van der Waals surface area contributed by atoms with E-state index < -0.39 is 11.4 Å². The van der Waals surface area contributed by atoms with Gasteiger partial charge in [0.05, 0.1) is 12.0 Å². The molecule has 1 amide bonds. The number of amides is 1. The van der Waals surface area contributed by atoms with E-state index in [4.69, 9.17) is 0 Å². The van der Waals surface area contributed by atoms with Gasteiger partial charge in [-0.05, 0) is 12.8 Å². The Kier molecular flexibility index (Phi) is 4.19. The molecule has 0 bridgehead atoms. The zero-order chi connectivity index (χ0) is 13.7. The lowest BCUT2D eigenvalue weighted by Crippen LogP contribution is -2.39. The smallest absolute Gasteiger partial charge is 0.310 e. The third-order valence-electron chi connectivity index (χ3n) is 3.77. The molecule has 0 radical (unpaired) electrons. The van der Waals surface area contributed by atoms with E-state index in [-0.39, 0.29) is 12.3 Å². The van der Waals surface area contributed by atoms with Gasteiger partial charge in [0.1, 0.15) is 5.82 Å². The summed E-state index contributed by atoms with van der Waals surface area (Å²) in [6, 6.07) is 0. The van der Waals surface area contributed by atoms with Gasteiger partial charge in [-0.25, -0.2) is 4.98 Å². The zero-order valence-corrected chi connectivity index (χ0v) is 10.8. The van der Waals surface area contributed by atoms with E-state index in [1.165, 1.54) is 0 Å². The molecular formula is C13H19N3O3. The van der Waals surface area contributed by atoms with Gasteiger partial charge in [-0.1, -0.05) is 19.3 Å². The third kappa shape index (κ3) is 3.33. The van der Waals surface area contributed by atoms with Crippen molar-refractivity contribution in [1.82, 2.24) is 15.3 Å². The van der Waals surface area contributed by atoms with Crippen molar-refractivity contribution in [2.24, 2.45) is 5.41 Å². The van der Waals surface area contributed by atoms with E-state index in [0.29, 0.717) is 25.2 Å². The molecule has 3 N–H and O–H groups in total. The first-order valence-electron chi connectivity index (χ1n) is 6.61. The zero-order valence-electron chi connectivity index (χ0n) is 10.8. The summed E-state index contributed by atoms with van der Waals surface area (Å²) in [5.74, 6) is -0.401. The maximum absolute atomic E-state index is 11.9. The molecule has 1 aliphatic carbocycles. The molecule has 1 fully saturated rings. The van der Waals surface area contributed by atoms with Gasteiger partial charge in [0.25, 0.3) is 0 Å². The maximum atomic E-state index is 11.9. The molecule has 0 unspecified atom stereocenters. The van der Waals surface area contributed by atoms with Crippen LogP contribution < -0.4 is 5.32 Å². The fourth-order valence-electron chi connectivity index (χ4n) is 2.64. The van der Waals surface area contributed by atoms with E-state index in [2.05, 4.69) is 15.3 Å². The van der Waals surface area contributed by atoms with Gasteiger partial charge in [0, 0.05) is 18.8 Å². The number of imidazole rings is 1. The minimum absolute atomic E-state index is 0.0586. The van der Waals surface area contributed by atoms with Crippen molar-refractivity contribution < 1.29 is 14.7 Å². The van der Waals surface area contributed by atoms with Crippen molar-refractivity contribution in [2.75, 3.05) is 0 Å². The highest BCUT2D eigenvalue weighted by Crippen LogP contribution is 2.39. The number of aliphatic carboxylic acids is 1. The second-order valence-corrected chi connectivity index (χ2v) is 5.14. The molecule has 0 aromatic carbocycles. The molecular weight excluding hydrogens is 246 g/mol. The van der Waals surface area contributed by atoms with Gasteiger partial charge in [-0.2, -0.15) is 0 Å². The highest BCUT2D eigenvalue weighted by Gasteiger charge is 2.41. The summed E-state index contributed by atoms with van der Waals surface area (Å²) in [5, 5.41) is 12.1. The fraction of sp³-hybridized carbons (Fsp3) is 0.615. The molecule has 104 valence electrons. The summed E-state index contributed by atoms with van der Waals surface area (Å²) in [6.07, 6.45) is 7.37. The predicted molar refractivity (Wildman–Crippen MR) is 68.2 cm³/mol. The summed E-state index contributed by atoms with van der Waals surface area (Å²) in [5.41, 5.74) is -0.870. The van der Waals surface area contributed by atoms with E-state index in [1.54, 1.807) is 12.4 Å². The Balaban J connectivity index is 1.90. The van der Waals surface area contributed by atoms with Gasteiger partial charge in [0.15, 0.2) is 0 Å². The lowest BCUT2D eigenvalue weighted by molar-refractivity contribution is -0.154. The monoisotopic (exact) mass is 265 g/mol. The Morgan fingerprint density at radius 1 is 1.37 bits per heavy atom. The van der Waals surface area contributed by atoms with E-state index >= 15 is 0 Å². The Labute approximate surface area is 111 Å². The number of carboxylic acids is 1. The molecule has 0 spiro atoms. The second kappa shape index (κ2) is 5.86. The summed E-state index contributed by atoms with van der Waals surface area (Å²) < 4.78 is 0. The van der Waals surface area contributed by atoms with Crippen molar-refractivity contribution in [1.29, 1.82) is 0 Å². The fourth-order valence-corrected chi connectivity index (χ4v) is 2.64. The summed E-state index contributed by atoms with van der Waals surface area (Å²) in [7, 11) is 0. The number of rotatable bonds is 5. The molecule has 0 atom stereocenters. The van der Waals surface area contributed by atoms with Gasteiger partial charge in [-0.3, -0.25) is 9.59 Å². The lowest BCUT2D eigenvalue weighted by atomic mass is 9.71. The lowest BCUT2D eigenvalue weighted by Gasteiger charge is -2.32. The first-order valence-corrected chi connectivity index (χ1v) is 6.61. The molecule has 1 aliphatic rings. The number of carbonyl (C=O) groups excluding carboxylic acids is 1. The molecule has 0 aliphatic heterocycles. The average Bonchev–Trinajstić information content (AvgIpc) is 2.90. The van der Waals surface area contributed by atoms with E-state index in [0.717, 1.165) is 19.3 Å². The molecule has 1 saturated carbocycles. The van der Waals surface area contributed by atoms with Crippen LogP contribution >= 0.6 is 0 Å². The first kappa shape index (κ1) is 13.6. The van der Waals surface area contributed by atoms with Crippen LogP contribution in [0.3, 0.4) is 0 Å². The molecule has 19 heavy (non-hydrogen) atoms. The largest absolute Gasteiger partial charge is 0.481 e. The van der Waals surface area contributed by atoms with Crippen LogP contribution in [-0.4, -0.2) is 27.0 Å². The number of H-pyrrole nitrogens is 1. The van der Waals surface area contributed by atoms with Crippen LogP contribution in [0.1, 0.15) is 44.3 Å². The van der Waals surface area contributed by atoms with E-state index in [1.807, 2.05) is 0 Å². The standard InChI is InChI=1S/C13H19N3O3/c17-11(16-9-10-14-6-7-15-10)8-13(12(18)19)4-2-1-3-5-13/h6-7H,1-5,8-9H2,(H,14,15)(H,16,17)(H,18,19). The quantitative estimate of drug-likeness (QED) is 0.751. The van der Waals surface area contributed by atoms with Crippen LogP contribution in [0.25, 0.3) is 0 Å². The van der Waals surface area contributed by atoms with Gasteiger partial charge < -0.3 is 15.4 Å². The van der Waals surface area contributed by atoms with Gasteiger partial charge in [0.2, 0.25) is 5.91 Å². The maximum Gasteiger partial charge on any atom is 0.310 e. The second-order valence-electron chi connectivity index (χ2n) is 5.14. The number of nitrogens with one attached hydrogen (secondary N) is 2. The Morgan fingerprint density at radius 2 is 2.11 bits per heavy atom. The summed E-state index contributed by atoms with van der Waals surface area (Å²) in [4.78, 5) is 30.2. The van der Waals surface area contributed by atoms with Crippen molar-refractivity contribution in [3.05, 3.63) is 18.2 Å². The molecule has 1 aromatic heterocycles. The third-order valence-corrected chi connectivity index (χ3v) is 3.77. The van der Waals surface area contributed by atoms with Crippen LogP contribution in [0.4, 0.5) is 0 Å². The van der Waals surface area contributed by atoms with Crippen molar-refractivity contribution in [2.45, 2.75) is 45.1 Å².